The molecule has 1 heterocycles. The molecule has 1 aliphatic rings. The fourth-order valence-electron chi connectivity index (χ4n) is 2.52. The number of aryl methyl sites for hydroxylation is 1. The van der Waals surface area contributed by atoms with Crippen molar-refractivity contribution in [1.29, 1.82) is 0 Å². The van der Waals surface area contributed by atoms with E-state index in [9.17, 15) is 14.4 Å². The molecule has 1 aliphatic heterocycles. The highest BCUT2D eigenvalue weighted by Crippen LogP contribution is 2.34. The van der Waals surface area contributed by atoms with E-state index in [2.05, 4.69) is 0 Å². The molecule has 0 atom stereocenters. The number of carbonyl (C=O) groups is 3. The van der Waals surface area contributed by atoms with Crippen LogP contribution in [-0.4, -0.2) is 34.8 Å². The van der Waals surface area contributed by atoms with Gasteiger partial charge in [-0.2, -0.15) is 0 Å². The summed E-state index contributed by atoms with van der Waals surface area (Å²) in [6, 6.07) is 7.15. The van der Waals surface area contributed by atoms with Crippen molar-refractivity contribution in [3.63, 3.8) is 0 Å². The average molecular weight is 315 g/mol. The van der Waals surface area contributed by atoms with Crippen molar-refractivity contribution in [2.75, 3.05) is 6.61 Å². The van der Waals surface area contributed by atoms with E-state index in [0.29, 0.717) is 5.56 Å². The zero-order chi connectivity index (χ0) is 17.4. The van der Waals surface area contributed by atoms with Gasteiger partial charge in [0.2, 0.25) is 0 Å². The molecule has 0 spiro atoms. The Morgan fingerprint density at radius 3 is 2.13 bits per heavy atom. The zero-order valence-electron chi connectivity index (χ0n) is 14.1. The van der Waals surface area contributed by atoms with E-state index in [-0.39, 0.29) is 17.8 Å². The van der Waals surface area contributed by atoms with Gasteiger partial charge in [-0.25, -0.2) is 4.79 Å². The van der Waals surface area contributed by atoms with E-state index in [1.807, 2.05) is 19.1 Å². The molecule has 0 aliphatic carbocycles. The molecular formula is C18H21NO4. The summed E-state index contributed by atoms with van der Waals surface area (Å²) >= 11 is 0. The summed E-state index contributed by atoms with van der Waals surface area (Å²) in [6.07, 6.45) is 0. The van der Waals surface area contributed by atoms with E-state index < -0.39 is 23.3 Å². The summed E-state index contributed by atoms with van der Waals surface area (Å²) in [7, 11) is 0. The summed E-state index contributed by atoms with van der Waals surface area (Å²) in [4.78, 5) is 38.8. The molecule has 0 N–H and O–H groups in total. The minimum absolute atomic E-state index is 0.114. The maximum Gasteiger partial charge on any atom is 0.344 e. The predicted octanol–water partition coefficient (Wildman–Crippen LogP) is 2.48. The lowest BCUT2D eigenvalue weighted by Gasteiger charge is -2.30. The third-order valence-electron chi connectivity index (χ3n) is 3.57. The van der Waals surface area contributed by atoms with Crippen molar-refractivity contribution < 1.29 is 19.1 Å². The zero-order valence-corrected chi connectivity index (χ0v) is 14.1. The van der Waals surface area contributed by atoms with Crippen molar-refractivity contribution in [3.05, 3.63) is 41.0 Å². The number of esters is 1. The highest BCUT2D eigenvalue weighted by molar-refractivity contribution is 6.43. The van der Waals surface area contributed by atoms with E-state index in [4.69, 9.17) is 4.74 Å². The van der Waals surface area contributed by atoms with Crippen LogP contribution in [0.3, 0.4) is 0 Å². The van der Waals surface area contributed by atoms with Gasteiger partial charge in [0.1, 0.15) is 5.57 Å². The number of imide groups is 1. The first kappa shape index (κ1) is 16.9. The lowest BCUT2D eigenvalue weighted by atomic mass is 10.0. The fourth-order valence-corrected chi connectivity index (χ4v) is 2.52. The maximum absolute atomic E-state index is 12.8. The molecule has 122 valence electrons. The summed E-state index contributed by atoms with van der Waals surface area (Å²) in [5, 5.41) is 0. The third-order valence-corrected chi connectivity index (χ3v) is 3.57. The highest BCUT2D eigenvalue weighted by atomic mass is 16.5. The normalized spacial score (nSPS) is 15.4. The van der Waals surface area contributed by atoms with Gasteiger partial charge in [0.15, 0.2) is 0 Å². The first-order valence-electron chi connectivity index (χ1n) is 7.55. The molecular weight excluding hydrogens is 294 g/mol. The molecule has 0 saturated heterocycles. The van der Waals surface area contributed by atoms with Crippen LogP contribution in [0.1, 0.15) is 38.8 Å². The molecule has 0 bridgehead atoms. The molecule has 5 heteroatoms. The van der Waals surface area contributed by atoms with Gasteiger partial charge in [0.25, 0.3) is 11.8 Å². The van der Waals surface area contributed by atoms with Crippen molar-refractivity contribution in [2.45, 2.75) is 40.2 Å². The van der Waals surface area contributed by atoms with Crippen LogP contribution in [0.25, 0.3) is 5.57 Å². The molecule has 0 radical (unpaired) electrons. The number of benzene rings is 1. The first-order valence-corrected chi connectivity index (χ1v) is 7.55. The van der Waals surface area contributed by atoms with Crippen LogP contribution >= 0.6 is 0 Å². The van der Waals surface area contributed by atoms with Crippen LogP contribution < -0.4 is 0 Å². The van der Waals surface area contributed by atoms with Crippen LogP contribution in [-0.2, 0) is 19.1 Å². The number of hydrogen-bond donors (Lipinski definition) is 0. The second-order valence-corrected chi connectivity index (χ2v) is 6.45. The Bertz CT molecular complexity index is 693. The molecule has 0 unspecified atom stereocenters. The second kappa shape index (κ2) is 5.99. The topological polar surface area (TPSA) is 63.7 Å². The summed E-state index contributed by atoms with van der Waals surface area (Å²) in [5.41, 5.74) is 0.775. The Morgan fingerprint density at radius 2 is 1.65 bits per heavy atom. The molecule has 0 aromatic heterocycles. The Balaban J connectivity index is 2.63. The van der Waals surface area contributed by atoms with Crippen molar-refractivity contribution in [2.24, 2.45) is 0 Å². The molecule has 1 aromatic rings. The molecule has 2 amide bonds. The predicted molar refractivity (Wildman–Crippen MR) is 86.3 cm³/mol. The van der Waals surface area contributed by atoms with Gasteiger partial charge in [0.05, 0.1) is 12.2 Å². The van der Waals surface area contributed by atoms with Crippen LogP contribution in [0.4, 0.5) is 0 Å². The number of ether oxygens (including phenoxy) is 1. The Hall–Kier alpha value is -2.43. The smallest absolute Gasteiger partial charge is 0.344 e. The van der Waals surface area contributed by atoms with E-state index >= 15 is 0 Å². The highest BCUT2D eigenvalue weighted by Gasteiger charge is 2.47. The molecule has 1 aromatic carbocycles. The van der Waals surface area contributed by atoms with Gasteiger partial charge in [0, 0.05) is 5.54 Å². The molecule has 23 heavy (non-hydrogen) atoms. The first-order chi connectivity index (χ1) is 10.7. The fraction of sp³-hybridized carbons (Fsp3) is 0.389. The lowest BCUT2D eigenvalue weighted by molar-refractivity contribution is -0.145. The maximum atomic E-state index is 12.8. The molecule has 2 rings (SSSR count). The van der Waals surface area contributed by atoms with Gasteiger partial charge in [-0.1, -0.05) is 29.8 Å². The van der Waals surface area contributed by atoms with Crippen molar-refractivity contribution in [3.8, 4) is 0 Å². The molecule has 0 saturated carbocycles. The van der Waals surface area contributed by atoms with Crippen LogP contribution in [0, 0.1) is 6.92 Å². The van der Waals surface area contributed by atoms with E-state index in [1.165, 1.54) is 0 Å². The Morgan fingerprint density at radius 1 is 1.09 bits per heavy atom. The van der Waals surface area contributed by atoms with E-state index in [0.717, 1.165) is 10.5 Å². The number of rotatable bonds is 3. The van der Waals surface area contributed by atoms with Crippen LogP contribution in [0.2, 0.25) is 0 Å². The summed E-state index contributed by atoms with van der Waals surface area (Å²) < 4.78 is 4.98. The SMILES string of the molecule is CCOC(=O)C1=C(c2ccc(C)cc2)C(=O)N(C(C)(C)C)C1=O. The minimum Gasteiger partial charge on any atom is -0.462 e. The monoisotopic (exact) mass is 315 g/mol. The number of hydrogen-bond acceptors (Lipinski definition) is 4. The van der Waals surface area contributed by atoms with Gasteiger partial charge in [-0.3, -0.25) is 14.5 Å². The number of amides is 2. The lowest BCUT2D eigenvalue weighted by Crippen LogP contribution is -2.46. The summed E-state index contributed by atoms with van der Waals surface area (Å²) in [6.45, 7) is 8.98. The standard InChI is InChI=1S/C18H21NO4/c1-6-23-17(22)14-13(12-9-7-11(2)8-10-12)15(20)19(16(14)21)18(3,4)5/h7-10H,6H2,1-5H3. The third kappa shape index (κ3) is 3.04. The molecule has 5 nitrogen and oxygen atoms in total. The van der Waals surface area contributed by atoms with Gasteiger partial charge < -0.3 is 4.74 Å². The quantitative estimate of drug-likeness (QED) is 0.488. The Kier molecular flexibility index (Phi) is 4.41. The molecule has 0 fully saturated rings. The largest absolute Gasteiger partial charge is 0.462 e. The minimum atomic E-state index is -0.756. The van der Waals surface area contributed by atoms with Gasteiger partial charge in [-0.05, 0) is 40.2 Å². The van der Waals surface area contributed by atoms with E-state index in [1.54, 1.807) is 39.8 Å². The van der Waals surface area contributed by atoms with Crippen molar-refractivity contribution >= 4 is 23.4 Å². The van der Waals surface area contributed by atoms with Crippen LogP contribution in [0.15, 0.2) is 29.8 Å². The van der Waals surface area contributed by atoms with Crippen molar-refractivity contribution in [1.82, 2.24) is 4.90 Å². The van der Waals surface area contributed by atoms with Gasteiger partial charge >= 0.3 is 5.97 Å². The average Bonchev–Trinajstić information content (AvgIpc) is 2.71. The summed E-state index contributed by atoms with van der Waals surface area (Å²) in [5.74, 6) is -1.82. The van der Waals surface area contributed by atoms with Gasteiger partial charge in [-0.15, -0.1) is 0 Å². The number of nitrogens with zero attached hydrogens (tertiary/aromatic N) is 1. The second-order valence-electron chi connectivity index (χ2n) is 6.45. The number of carbonyl (C=O) groups excluding carboxylic acids is 3. The van der Waals surface area contributed by atoms with Crippen LogP contribution in [0.5, 0.6) is 0 Å². The Labute approximate surface area is 135 Å².